The van der Waals surface area contributed by atoms with Gasteiger partial charge in [-0.05, 0) is 54.4 Å². The van der Waals surface area contributed by atoms with Crippen LogP contribution in [-0.4, -0.2) is 28.0 Å². The number of benzene rings is 2. The maximum Gasteiger partial charge on any atom is 0.337 e. The smallest absolute Gasteiger partial charge is 0.337 e. The summed E-state index contributed by atoms with van der Waals surface area (Å²) in [5.41, 5.74) is 0.751. The van der Waals surface area contributed by atoms with Crippen molar-refractivity contribution in [3.8, 4) is 0 Å². The topological polar surface area (TPSA) is 63.7 Å². The van der Waals surface area contributed by atoms with Gasteiger partial charge in [0.2, 0.25) is 0 Å². The quantitative estimate of drug-likeness (QED) is 0.736. The molecule has 0 spiro atoms. The molecule has 0 bridgehead atoms. The molecule has 0 aliphatic rings. The number of carbonyl (C=O) groups excluding carboxylic acids is 1. The van der Waals surface area contributed by atoms with Gasteiger partial charge < -0.3 is 4.74 Å². The van der Waals surface area contributed by atoms with Crippen molar-refractivity contribution in [2.45, 2.75) is 18.7 Å². The van der Waals surface area contributed by atoms with Gasteiger partial charge in [-0.3, -0.25) is 4.31 Å². The van der Waals surface area contributed by atoms with Crippen molar-refractivity contribution in [1.29, 1.82) is 0 Å². The Labute approximate surface area is 147 Å². The number of hydrogen-bond acceptors (Lipinski definition) is 4. The Morgan fingerprint density at radius 2 is 1.64 bits per heavy atom. The lowest BCUT2D eigenvalue weighted by Gasteiger charge is -2.26. The second kappa shape index (κ2) is 7.65. The molecule has 2 rings (SSSR count). The first-order valence-corrected chi connectivity index (χ1v) is 9.16. The minimum Gasteiger partial charge on any atom is -0.465 e. The van der Waals surface area contributed by atoms with Gasteiger partial charge >= 0.3 is 5.97 Å². The third kappa shape index (κ3) is 4.36. The highest BCUT2D eigenvalue weighted by Crippen LogP contribution is 2.25. The lowest BCUT2D eigenvalue weighted by molar-refractivity contribution is 0.0600. The molecule has 0 N–H and O–H groups in total. The fourth-order valence-corrected chi connectivity index (χ4v) is 3.92. The molecule has 0 unspecified atom stereocenters. The second-order valence-electron chi connectivity index (χ2n) is 5.92. The number of esters is 1. The molecular weight excluding hydrogens is 345 g/mol. The van der Waals surface area contributed by atoms with Gasteiger partial charge in [-0.2, -0.15) is 0 Å². The molecule has 0 aliphatic heterocycles. The van der Waals surface area contributed by atoms with Crippen LogP contribution in [0.15, 0.2) is 53.4 Å². The van der Waals surface area contributed by atoms with E-state index in [1.165, 1.54) is 35.7 Å². The van der Waals surface area contributed by atoms with E-state index in [2.05, 4.69) is 4.74 Å². The molecule has 0 atom stereocenters. The van der Waals surface area contributed by atoms with Gasteiger partial charge in [-0.15, -0.1) is 0 Å². The van der Waals surface area contributed by atoms with Crippen LogP contribution in [0.2, 0.25) is 0 Å². The van der Waals surface area contributed by atoms with Gasteiger partial charge in [-0.1, -0.05) is 13.8 Å². The van der Waals surface area contributed by atoms with E-state index in [0.717, 1.165) is 12.1 Å². The lowest BCUT2D eigenvalue weighted by Crippen LogP contribution is -2.34. The summed E-state index contributed by atoms with van der Waals surface area (Å²) in [6.45, 7) is 4.04. The van der Waals surface area contributed by atoms with Gasteiger partial charge in [0.25, 0.3) is 10.0 Å². The minimum absolute atomic E-state index is 0.00611. The minimum atomic E-state index is -3.85. The monoisotopic (exact) mass is 365 g/mol. The Bertz CT molecular complexity index is 830. The van der Waals surface area contributed by atoms with Crippen molar-refractivity contribution >= 4 is 21.7 Å². The molecule has 134 valence electrons. The van der Waals surface area contributed by atoms with E-state index in [1.54, 1.807) is 12.1 Å². The average Bonchev–Trinajstić information content (AvgIpc) is 2.59. The van der Waals surface area contributed by atoms with E-state index in [-0.39, 0.29) is 17.4 Å². The summed E-state index contributed by atoms with van der Waals surface area (Å²) in [7, 11) is -2.58. The first kappa shape index (κ1) is 18.9. The predicted molar refractivity (Wildman–Crippen MR) is 93.6 cm³/mol. The van der Waals surface area contributed by atoms with Crippen molar-refractivity contribution in [3.63, 3.8) is 0 Å². The summed E-state index contributed by atoms with van der Waals surface area (Å²) in [6.07, 6.45) is 0. The van der Waals surface area contributed by atoms with Gasteiger partial charge in [-0.25, -0.2) is 17.6 Å². The fraction of sp³-hybridized carbons (Fsp3) is 0.278. The summed E-state index contributed by atoms with van der Waals surface area (Å²) < 4.78 is 44.9. The highest BCUT2D eigenvalue weighted by molar-refractivity contribution is 7.92. The third-order valence-corrected chi connectivity index (χ3v) is 5.32. The molecular formula is C18H20FNO4S. The Morgan fingerprint density at radius 1 is 1.08 bits per heavy atom. The highest BCUT2D eigenvalue weighted by Gasteiger charge is 2.26. The molecule has 25 heavy (non-hydrogen) atoms. The number of anilines is 1. The van der Waals surface area contributed by atoms with Crippen LogP contribution in [0.3, 0.4) is 0 Å². The molecule has 0 aromatic heterocycles. The Hall–Kier alpha value is -2.41. The summed E-state index contributed by atoms with van der Waals surface area (Å²) in [4.78, 5) is 11.5. The zero-order chi connectivity index (χ0) is 18.6. The number of hydrogen-bond donors (Lipinski definition) is 0. The van der Waals surface area contributed by atoms with E-state index in [0.29, 0.717) is 11.3 Å². The van der Waals surface area contributed by atoms with Crippen molar-refractivity contribution in [3.05, 3.63) is 59.9 Å². The normalized spacial score (nSPS) is 11.4. The zero-order valence-corrected chi connectivity index (χ0v) is 15.1. The number of rotatable bonds is 6. The number of sulfonamides is 1. The van der Waals surface area contributed by atoms with E-state index in [1.807, 2.05) is 13.8 Å². The third-order valence-electron chi connectivity index (χ3n) is 3.51. The van der Waals surface area contributed by atoms with Crippen molar-refractivity contribution < 1.29 is 22.3 Å². The second-order valence-corrected chi connectivity index (χ2v) is 7.78. The summed E-state index contributed by atoms with van der Waals surface area (Å²) >= 11 is 0. The molecule has 0 amide bonds. The number of halogens is 1. The largest absolute Gasteiger partial charge is 0.465 e. The van der Waals surface area contributed by atoms with Gasteiger partial charge in [0.1, 0.15) is 5.82 Å². The van der Waals surface area contributed by atoms with Gasteiger partial charge in [0.05, 0.1) is 23.3 Å². The number of ether oxygens (including phenoxy) is 1. The Kier molecular flexibility index (Phi) is 5.79. The van der Waals surface area contributed by atoms with E-state index < -0.39 is 21.8 Å². The standard InChI is InChI=1S/C18H20FNO4S/c1-13(2)12-20(16-8-4-14(5-9-16)18(21)24-3)25(22,23)17-10-6-15(19)7-11-17/h4-11,13H,12H2,1-3H3. The molecule has 0 aliphatic carbocycles. The van der Waals surface area contributed by atoms with Crippen LogP contribution in [0.5, 0.6) is 0 Å². The van der Waals surface area contributed by atoms with E-state index in [4.69, 9.17) is 0 Å². The van der Waals surface area contributed by atoms with Gasteiger partial charge in [0, 0.05) is 6.54 Å². The van der Waals surface area contributed by atoms with Crippen LogP contribution < -0.4 is 4.31 Å². The van der Waals surface area contributed by atoms with Crippen molar-refractivity contribution in [2.75, 3.05) is 18.0 Å². The lowest BCUT2D eigenvalue weighted by atomic mass is 10.2. The molecule has 5 nitrogen and oxygen atoms in total. The van der Waals surface area contributed by atoms with Crippen LogP contribution in [0.4, 0.5) is 10.1 Å². The molecule has 0 fully saturated rings. The zero-order valence-electron chi connectivity index (χ0n) is 14.3. The molecule has 0 saturated carbocycles. The first-order valence-electron chi connectivity index (χ1n) is 7.72. The maximum absolute atomic E-state index is 13.1. The van der Waals surface area contributed by atoms with Crippen LogP contribution >= 0.6 is 0 Å². The molecule has 0 heterocycles. The van der Waals surface area contributed by atoms with Crippen molar-refractivity contribution in [1.82, 2.24) is 0 Å². The number of nitrogens with zero attached hydrogens (tertiary/aromatic N) is 1. The molecule has 7 heteroatoms. The fourth-order valence-electron chi connectivity index (χ4n) is 2.29. The van der Waals surface area contributed by atoms with Gasteiger partial charge in [0.15, 0.2) is 0 Å². The molecule has 2 aromatic rings. The highest BCUT2D eigenvalue weighted by atomic mass is 32.2. The van der Waals surface area contributed by atoms with Crippen LogP contribution in [0.1, 0.15) is 24.2 Å². The van der Waals surface area contributed by atoms with Crippen LogP contribution in [-0.2, 0) is 14.8 Å². The number of carbonyl (C=O) groups is 1. The Morgan fingerprint density at radius 3 is 2.12 bits per heavy atom. The van der Waals surface area contributed by atoms with E-state index >= 15 is 0 Å². The molecule has 2 aromatic carbocycles. The summed E-state index contributed by atoms with van der Waals surface area (Å²) in [6, 6.07) is 10.8. The SMILES string of the molecule is COC(=O)c1ccc(N(CC(C)C)S(=O)(=O)c2ccc(F)cc2)cc1. The average molecular weight is 365 g/mol. The Balaban J connectivity index is 2.45. The van der Waals surface area contributed by atoms with Crippen molar-refractivity contribution in [2.24, 2.45) is 5.92 Å². The van der Waals surface area contributed by atoms with E-state index in [9.17, 15) is 17.6 Å². The maximum atomic E-state index is 13.1. The van der Waals surface area contributed by atoms with Crippen LogP contribution in [0.25, 0.3) is 0 Å². The number of methoxy groups -OCH3 is 1. The molecule has 0 saturated heterocycles. The molecule has 0 radical (unpaired) electrons. The van der Waals surface area contributed by atoms with Crippen LogP contribution in [0, 0.1) is 11.7 Å². The first-order chi connectivity index (χ1) is 11.8. The summed E-state index contributed by atoms with van der Waals surface area (Å²) in [5.74, 6) is -0.935. The summed E-state index contributed by atoms with van der Waals surface area (Å²) in [5, 5.41) is 0. The predicted octanol–water partition coefficient (Wildman–Crippen LogP) is 3.46.